The highest BCUT2D eigenvalue weighted by Gasteiger charge is 2.21. The lowest BCUT2D eigenvalue weighted by Crippen LogP contribution is -2.41. The Balaban J connectivity index is 2.16. The largest absolute Gasteiger partial charge is 0.477 e. The molecule has 24 heavy (non-hydrogen) atoms. The summed E-state index contributed by atoms with van der Waals surface area (Å²) in [6, 6.07) is 7.36. The summed E-state index contributed by atoms with van der Waals surface area (Å²) < 4.78 is 32.3. The smallest absolute Gasteiger partial charge is 0.360 e. The number of carbonyl (C=O) groups excluding carboxylic acids is 1. The number of aldehydes is 1. The molecule has 8 heteroatoms. The van der Waals surface area contributed by atoms with Gasteiger partial charge in [0.2, 0.25) is 6.23 Å². The van der Waals surface area contributed by atoms with E-state index in [4.69, 9.17) is 16.3 Å². The van der Waals surface area contributed by atoms with Crippen molar-refractivity contribution in [2.75, 3.05) is 0 Å². The SMILES string of the molecule is O=Cc1cc(Cl)ccc1OC(NCc1c(F)cccc1F)C(=O)O. The van der Waals surface area contributed by atoms with Crippen LogP contribution in [-0.4, -0.2) is 23.6 Å². The van der Waals surface area contributed by atoms with Crippen molar-refractivity contribution in [2.45, 2.75) is 12.8 Å². The molecule has 0 aliphatic rings. The number of rotatable bonds is 7. The van der Waals surface area contributed by atoms with Gasteiger partial charge >= 0.3 is 5.97 Å². The molecule has 1 unspecified atom stereocenters. The quantitative estimate of drug-likeness (QED) is 0.590. The fourth-order valence-corrected chi connectivity index (χ4v) is 2.10. The van der Waals surface area contributed by atoms with Crippen LogP contribution in [0.1, 0.15) is 15.9 Å². The van der Waals surface area contributed by atoms with Crippen molar-refractivity contribution in [1.29, 1.82) is 0 Å². The van der Waals surface area contributed by atoms with E-state index in [2.05, 4.69) is 5.32 Å². The third kappa shape index (κ3) is 4.27. The van der Waals surface area contributed by atoms with Crippen LogP contribution in [-0.2, 0) is 11.3 Å². The van der Waals surface area contributed by atoms with Crippen LogP contribution in [0.2, 0.25) is 5.02 Å². The molecule has 126 valence electrons. The zero-order valence-corrected chi connectivity index (χ0v) is 12.9. The summed E-state index contributed by atoms with van der Waals surface area (Å²) in [5.74, 6) is -3.07. The summed E-state index contributed by atoms with van der Waals surface area (Å²) in [7, 11) is 0. The molecule has 2 N–H and O–H groups in total. The van der Waals surface area contributed by atoms with E-state index in [1.807, 2.05) is 0 Å². The number of carboxylic acids is 1. The molecule has 0 saturated heterocycles. The first-order valence-corrected chi connectivity index (χ1v) is 7.10. The van der Waals surface area contributed by atoms with Crippen LogP contribution in [0.4, 0.5) is 8.78 Å². The summed E-state index contributed by atoms with van der Waals surface area (Å²) in [5.41, 5.74) is -0.272. The van der Waals surface area contributed by atoms with E-state index >= 15 is 0 Å². The summed E-state index contributed by atoms with van der Waals surface area (Å²) in [4.78, 5) is 22.3. The Morgan fingerprint density at radius 2 is 1.96 bits per heavy atom. The zero-order valence-electron chi connectivity index (χ0n) is 12.1. The van der Waals surface area contributed by atoms with Gasteiger partial charge in [-0.2, -0.15) is 0 Å². The minimum atomic E-state index is -1.62. The lowest BCUT2D eigenvalue weighted by Gasteiger charge is -2.18. The van der Waals surface area contributed by atoms with Gasteiger partial charge in [0.15, 0.2) is 6.29 Å². The Kier molecular flexibility index (Phi) is 5.83. The van der Waals surface area contributed by atoms with Gasteiger partial charge in [0.25, 0.3) is 0 Å². The Morgan fingerprint density at radius 3 is 2.54 bits per heavy atom. The number of hydrogen-bond acceptors (Lipinski definition) is 4. The van der Waals surface area contributed by atoms with E-state index in [0.717, 1.165) is 12.1 Å². The van der Waals surface area contributed by atoms with Crippen molar-refractivity contribution >= 4 is 23.9 Å². The molecular formula is C16H12ClF2NO4. The second-order valence-corrected chi connectivity index (χ2v) is 5.15. The minimum Gasteiger partial charge on any atom is -0.477 e. The molecule has 1 atom stereocenters. The zero-order chi connectivity index (χ0) is 17.7. The van der Waals surface area contributed by atoms with Gasteiger partial charge in [0.05, 0.1) is 5.56 Å². The highest BCUT2D eigenvalue weighted by atomic mass is 35.5. The van der Waals surface area contributed by atoms with Gasteiger partial charge in [-0.15, -0.1) is 0 Å². The normalized spacial score (nSPS) is 11.8. The van der Waals surface area contributed by atoms with Crippen molar-refractivity contribution < 1.29 is 28.2 Å². The van der Waals surface area contributed by atoms with Gasteiger partial charge in [-0.1, -0.05) is 17.7 Å². The maximum Gasteiger partial charge on any atom is 0.360 e. The van der Waals surface area contributed by atoms with Crippen LogP contribution in [0.15, 0.2) is 36.4 Å². The van der Waals surface area contributed by atoms with Crippen LogP contribution >= 0.6 is 11.6 Å². The molecule has 0 saturated carbocycles. The van der Waals surface area contributed by atoms with E-state index in [1.54, 1.807) is 0 Å². The molecule has 0 bridgehead atoms. The molecule has 0 fully saturated rings. The molecule has 2 aromatic carbocycles. The molecule has 0 radical (unpaired) electrons. The molecule has 2 aromatic rings. The minimum absolute atomic E-state index is 0.0247. The number of nitrogens with one attached hydrogen (secondary N) is 1. The van der Waals surface area contributed by atoms with Gasteiger partial charge in [-0.3, -0.25) is 10.1 Å². The predicted octanol–water partition coefficient (Wildman–Crippen LogP) is 3.01. The Morgan fingerprint density at radius 1 is 1.29 bits per heavy atom. The lowest BCUT2D eigenvalue weighted by atomic mass is 10.2. The molecule has 0 aliphatic carbocycles. The van der Waals surface area contributed by atoms with E-state index in [0.29, 0.717) is 6.29 Å². The molecule has 2 rings (SSSR count). The van der Waals surface area contributed by atoms with Crippen molar-refractivity contribution in [2.24, 2.45) is 0 Å². The Bertz CT molecular complexity index is 749. The third-order valence-corrected chi connectivity index (χ3v) is 3.33. The Hall–Kier alpha value is -2.51. The van der Waals surface area contributed by atoms with E-state index < -0.39 is 30.4 Å². The van der Waals surface area contributed by atoms with Gasteiger partial charge in [0, 0.05) is 17.1 Å². The number of hydrogen-bond donors (Lipinski definition) is 2. The molecule has 0 aromatic heterocycles. The lowest BCUT2D eigenvalue weighted by molar-refractivity contribution is -0.146. The number of carbonyl (C=O) groups is 2. The number of ether oxygens (including phenoxy) is 1. The highest BCUT2D eigenvalue weighted by Crippen LogP contribution is 2.22. The van der Waals surface area contributed by atoms with Crippen LogP contribution in [0.25, 0.3) is 0 Å². The van der Waals surface area contributed by atoms with Crippen LogP contribution in [0.5, 0.6) is 5.75 Å². The number of carboxylic acid groups (broad SMARTS) is 1. The van der Waals surface area contributed by atoms with Gasteiger partial charge in [-0.05, 0) is 30.3 Å². The predicted molar refractivity (Wildman–Crippen MR) is 82.1 cm³/mol. The van der Waals surface area contributed by atoms with Crippen molar-refractivity contribution in [3.8, 4) is 5.75 Å². The standard InChI is InChI=1S/C16H12ClF2NO4/c17-10-4-5-14(9(6-10)8-21)24-15(16(22)23)20-7-11-12(18)2-1-3-13(11)19/h1-6,8,15,20H,7H2,(H,22,23). The van der Waals surface area contributed by atoms with Crippen molar-refractivity contribution in [3.05, 3.63) is 64.2 Å². The average molecular weight is 356 g/mol. The number of aliphatic carboxylic acids is 1. The monoisotopic (exact) mass is 355 g/mol. The first-order chi connectivity index (χ1) is 11.4. The van der Waals surface area contributed by atoms with Crippen LogP contribution < -0.4 is 10.1 Å². The van der Waals surface area contributed by atoms with E-state index in [1.165, 1.54) is 24.3 Å². The number of halogens is 3. The summed E-state index contributed by atoms with van der Waals surface area (Å²) >= 11 is 5.74. The second-order valence-electron chi connectivity index (χ2n) is 4.72. The molecule has 0 spiro atoms. The first kappa shape index (κ1) is 17.8. The second kappa shape index (κ2) is 7.85. The van der Waals surface area contributed by atoms with Crippen LogP contribution in [0.3, 0.4) is 0 Å². The fourth-order valence-electron chi connectivity index (χ4n) is 1.92. The molecular weight excluding hydrogens is 344 g/mol. The Labute approximate surface area is 140 Å². The fraction of sp³-hybridized carbons (Fsp3) is 0.125. The maximum atomic E-state index is 13.6. The van der Waals surface area contributed by atoms with Crippen molar-refractivity contribution in [1.82, 2.24) is 5.32 Å². The first-order valence-electron chi connectivity index (χ1n) is 6.73. The molecule has 5 nitrogen and oxygen atoms in total. The third-order valence-electron chi connectivity index (χ3n) is 3.09. The summed E-state index contributed by atoms with van der Waals surface area (Å²) in [6.07, 6.45) is -1.17. The van der Waals surface area contributed by atoms with Crippen molar-refractivity contribution in [3.63, 3.8) is 0 Å². The topological polar surface area (TPSA) is 75.6 Å². The van der Waals surface area contributed by atoms with E-state index in [-0.39, 0.29) is 21.9 Å². The highest BCUT2D eigenvalue weighted by molar-refractivity contribution is 6.30. The molecule has 0 amide bonds. The van der Waals surface area contributed by atoms with E-state index in [9.17, 15) is 23.5 Å². The summed E-state index contributed by atoms with van der Waals surface area (Å²) in [5, 5.41) is 11.8. The van der Waals surface area contributed by atoms with Gasteiger partial charge in [0.1, 0.15) is 17.4 Å². The summed E-state index contributed by atoms with van der Waals surface area (Å²) in [6.45, 7) is -0.417. The average Bonchev–Trinajstić information content (AvgIpc) is 2.54. The van der Waals surface area contributed by atoms with Gasteiger partial charge in [-0.25, -0.2) is 13.6 Å². The van der Waals surface area contributed by atoms with Gasteiger partial charge < -0.3 is 9.84 Å². The van der Waals surface area contributed by atoms with Crippen LogP contribution in [0, 0.1) is 11.6 Å². The molecule has 0 heterocycles. The maximum absolute atomic E-state index is 13.6. The molecule has 0 aliphatic heterocycles. The number of benzene rings is 2.